The molecule has 4 nitrogen and oxygen atoms in total. The van der Waals surface area contributed by atoms with E-state index in [1.807, 2.05) is 25.3 Å². The Kier molecular flexibility index (Phi) is 3.05. The molecule has 94 valence electrons. The van der Waals surface area contributed by atoms with E-state index in [2.05, 4.69) is 26.5 Å². The van der Waals surface area contributed by atoms with E-state index in [1.165, 1.54) is 6.33 Å². The Labute approximate surface area is 115 Å². The highest BCUT2D eigenvalue weighted by molar-refractivity contribution is 8.08. The molecule has 0 saturated carbocycles. The van der Waals surface area contributed by atoms with Gasteiger partial charge in [-0.15, -0.1) is 0 Å². The summed E-state index contributed by atoms with van der Waals surface area (Å²) < 4.78 is 0. The first kappa shape index (κ1) is 11.9. The molecule has 0 bridgehead atoms. The van der Waals surface area contributed by atoms with Crippen molar-refractivity contribution in [3.63, 3.8) is 0 Å². The molecule has 1 N–H and O–H groups in total. The lowest BCUT2D eigenvalue weighted by molar-refractivity contribution is 1.09. The lowest BCUT2D eigenvalue weighted by atomic mass is 10.2. The predicted octanol–water partition coefficient (Wildman–Crippen LogP) is 3.42. The summed E-state index contributed by atoms with van der Waals surface area (Å²) in [6, 6.07) is 3.97. The SMILES string of the molecule is C=C(Sc1ncccc1C)c1c[nH]c2ncncc12. The molecule has 19 heavy (non-hydrogen) atoms. The third kappa shape index (κ3) is 2.24. The van der Waals surface area contributed by atoms with Gasteiger partial charge < -0.3 is 4.98 Å². The third-order valence-electron chi connectivity index (χ3n) is 2.84. The molecular weight excluding hydrogens is 256 g/mol. The van der Waals surface area contributed by atoms with Crippen molar-refractivity contribution in [1.82, 2.24) is 19.9 Å². The van der Waals surface area contributed by atoms with Crippen LogP contribution in [0.2, 0.25) is 0 Å². The first-order chi connectivity index (χ1) is 9.25. The number of aryl methyl sites for hydroxylation is 1. The zero-order valence-electron chi connectivity index (χ0n) is 10.4. The molecule has 0 saturated heterocycles. The number of thioether (sulfide) groups is 1. The minimum absolute atomic E-state index is 0.824. The number of pyridine rings is 1. The molecule has 0 fully saturated rings. The highest BCUT2D eigenvalue weighted by Gasteiger charge is 2.10. The molecule has 3 rings (SSSR count). The quantitative estimate of drug-likeness (QED) is 0.739. The first-order valence-corrected chi connectivity index (χ1v) is 6.63. The molecule has 0 unspecified atom stereocenters. The van der Waals surface area contributed by atoms with E-state index in [0.717, 1.165) is 32.1 Å². The minimum Gasteiger partial charge on any atom is -0.345 e. The molecule has 3 heterocycles. The Balaban J connectivity index is 1.95. The lowest BCUT2D eigenvalue weighted by Gasteiger charge is -2.05. The molecule has 0 aromatic carbocycles. The van der Waals surface area contributed by atoms with E-state index in [4.69, 9.17) is 0 Å². The number of rotatable bonds is 3. The van der Waals surface area contributed by atoms with Crippen LogP contribution in [-0.2, 0) is 0 Å². The second-order valence-electron chi connectivity index (χ2n) is 4.14. The van der Waals surface area contributed by atoms with Crippen molar-refractivity contribution < 1.29 is 0 Å². The van der Waals surface area contributed by atoms with E-state index in [1.54, 1.807) is 24.2 Å². The van der Waals surface area contributed by atoms with Crippen molar-refractivity contribution >= 4 is 27.7 Å². The van der Waals surface area contributed by atoms with Gasteiger partial charge in [0.2, 0.25) is 0 Å². The average Bonchev–Trinajstić information content (AvgIpc) is 2.85. The van der Waals surface area contributed by atoms with E-state index < -0.39 is 0 Å². The van der Waals surface area contributed by atoms with Gasteiger partial charge in [-0.3, -0.25) is 0 Å². The minimum atomic E-state index is 0.824. The number of hydrogen-bond acceptors (Lipinski definition) is 4. The number of aromatic amines is 1. The number of hydrogen-bond donors (Lipinski definition) is 1. The summed E-state index contributed by atoms with van der Waals surface area (Å²) in [5.74, 6) is 0. The first-order valence-electron chi connectivity index (χ1n) is 5.81. The van der Waals surface area contributed by atoms with Gasteiger partial charge in [0.15, 0.2) is 0 Å². The van der Waals surface area contributed by atoms with Gasteiger partial charge in [-0.1, -0.05) is 24.4 Å². The maximum Gasteiger partial charge on any atom is 0.141 e. The topological polar surface area (TPSA) is 54.5 Å². The van der Waals surface area contributed by atoms with Gasteiger partial charge in [0.25, 0.3) is 0 Å². The molecule has 5 heteroatoms. The van der Waals surface area contributed by atoms with Gasteiger partial charge in [-0.25, -0.2) is 15.0 Å². The van der Waals surface area contributed by atoms with Gasteiger partial charge >= 0.3 is 0 Å². The van der Waals surface area contributed by atoms with Crippen LogP contribution in [0.3, 0.4) is 0 Å². The van der Waals surface area contributed by atoms with Gasteiger partial charge in [0.1, 0.15) is 17.0 Å². The normalized spacial score (nSPS) is 10.8. The number of aromatic nitrogens is 4. The van der Waals surface area contributed by atoms with E-state index in [-0.39, 0.29) is 0 Å². The van der Waals surface area contributed by atoms with Gasteiger partial charge in [0.05, 0.1) is 0 Å². The van der Waals surface area contributed by atoms with Crippen molar-refractivity contribution in [2.24, 2.45) is 0 Å². The Hall–Kier alpha value is -2.14. The number of H-pyrrole nitrogens is 1. The molecule has 0 atom stereocenters. The van der Waals surface area contributed by atoms with Gasteiger partial charge in [-0.2, -0.15) is 0 Å². The summed E-state index contributed by atoms with van der Waals surface area (Å²) >= 11 is 1.56. The number of nitrogens with zero attached hydrogens (tertiary/aromatic N) is 3. The largest absolute Gasteiger partial charge is 0.345 e. The molecule has 0 radical (unpaired) electrons. The Morgan fingerprint density at radius 3 is 3.11 bits per heavy atom. The van der Waals surface area contributed by atoms with Crippen LogP contribution in [-0.4, -0.2) is 19.9 Å². The zero-order valence-corrected chi connectivity index (χ0v) is 11.2. The van der Waals surface area contributed by atoms with Gasteiger partial charge in [-0.05, 0) is 18.6 Å². The average molecular weight is 268 g/mol. The van der Waals surface area contributed by atoms with Crippen LogP contribution in [0.4, 0.5) is 0 Å². The maximum absolute atomic E-state index is 4.37. The summed E-state index contributed by atoms with van der Waals surface area (Å²) in [6.45, 7) is 6.17. The standard InChI is InChI=1S/C14H12N4S/c1-9-4-3-5-16-14(9)19-10(2)11-7-17-13-12(11)6-15-8-18-13/h3-8H,2H2,1H3,(H,15,17,18). The zero-order chi connectivity index (χ0) is 13.2. The smallest absolute Gasteiger partial charge is 0.141 e. The van der Waals surface area contributed by atoms with E-state index >= 15 is 0 Å². The second kappa shape index (κ2) is 4.85. The van der Waals surface area contributed by atoms with Crippen LogP contribution >= 0.6 is 11.8 Å². The van der Waals surface area contributed by atoms with Crippen LogP contribution in [0, 0.1) is 6.92 Å². The molecule has 3 aromatic rings. The fourth-order valence-electron chi connectivity index (χ4n) is 1.84. The highest BCUT2D eigenvalue weighted by atomic mass is 32.2. The summed E-state index contributed by atoms with van der Waals surface area (Å²) in [6.07, 6.45) is 7.03. The van der Waals surface area contributed by atoms with Crippen LogP contribution in [0.25, 0.3) is 15.9 Å². The van der Waals surface area contributed by atoms with Crippen molar-refractivity contribution in [1.29, 1.82) is 0 Å². The molecular formula is C14H12N4S. The number of fused-ring (bicyclic) bond motifs is 1. The molecule has 0 spiro atoms. The van der Waals surface area contributed by atoms with Crippen molar-refractivity contribution in [2.45, 2.75) is 11.9 Å². The fourth-order valence-corrected chi connectivity index (χ4v) is 2.70. The van der Waals surface area contributed by atoms with Crippen LogP contribution in [0.15, 0.2) is 48.7 Å². The van der Waals surface area contributed by atoms with Gasteiger partial charge in [0, 0.05) is 34.4 Å². The maximum atomic E-state index is 4.37. The summed E-state index contributed by atoms with van der Waals surface area (Å²) in [5, 5.41) is 1.95. The van der Waals surface area contributed by atoms with Crippen molar-refractivity contribution in [2.75, 3.05) is 0 Å². The van der Waals surface area contributed by atoms with E-state index in [9.17, 15) is 0 Å². The van der Waals surface area contributed by atoms with Crippen LogP contribution < -0.4 is 0 Å². The second-order valence-corrected chi connectivity index (χ2v) is 5.22. The monoisotopic (exact) mass is 268 g/mol. The summed E-state index contributed by atoms with van der Waals surface area (Å²) in [7, 11) is 0. The van der Waals surface area contributed by atoms with E-state index in [0.29, 0.717) is 0 Å². The predicted molar refractivity (Wildman–Crippen MR) is 77.8 cm³/mol. The van der Waals surface area contributed by atoms with Crippen molar-refractivity contribution in [3.8, 4) is 0 Å². The molecule has 0 aliphatic carbocycles. The molecule has 0 aliphatic heterocycles. The lowest BCUT2D eigenvalue weighted by Crippen LogP contribution is -1.85. The molecule has 0 aliphatic rings. The summed E-state index contributed by atoms with van der Waals surface area (Å²) in [5.41, 5.74) is 2.99. The Morgan fingerprint density at radius 2 is 2.26 bits per heavy atom. The van der Waals surface area contributed by atoms with Crippen LogP contribution in [0.5, 0.6) is 0 Å². The Bertz CT molecular complexity index is 748. The highest BCUT2D eigenvalue weighted by Crippen LogP contribution is 2.35. The molecule has 3 aromatic heterocycles. The Morgan fingerprint density at radius 1 is 1.37 bits per heavy atom. The fraction of sp³-hybridized carbons (Fsp3) is 0.0714. The summed E-state index contributed by atoms with van der Waals surface area (Å²) in [4.78, 5) is 16.7. The molecule has 0 amide bonds. The third-order valence-corrected chi connectivity index (χ3v) is 3.92. The van der Waals surface area contributed by atoms with Crippen molar-refractivity contribution in [3.05, 3.63) is 54.8 Å². The number of nitrogens with one attached hydrogen (secondary N) is 1. The van der Waals surface area contributed by atoms with Crippen LogP contribution in [0.1, 0.15) is 11.1 Å².